The van der Waals surface area contributed by atoms with E-state index in [1.165, 1.54) is 11.3 Å². The van der Waals surface area contributed by atoms with Crippen molar-refractivity contribution in [3.63, 3.8) is 0 Å². The number of pyridine rings is 1. The summed E-state index contributed by atoms with van der Waals surface area (Å²) in [6.45, 7) is 4.47. The monoisotopic (exact) mass is 423 g/mol. The quantitative estimate of drug-likeness (QED) is 0.497. The number of amides is 3. The van der Waals surface area contributed by atoms with Crippen LogP contribution in [0.2, 0.25) is 0 Å². The number of hydrogen-bond acceptors (Lipinski definition) is 5. The SMILES string of the molecule is CCCCc1sc(-c2cnc(NC(=O)NCC)cc2-c2ccccc2)nc1C(N)=O. The lowest BCUT2D eigenvalue weighted by Gasteiger charge is -2.11. The minimum atomic E-state index is -0.521. The Balaban J connectivity index is 2.08. The minimum Gasteiger partial charge on any atom is -0.364 e. The number of nitrogens with one attached hydrogen (secondary N) is 2. The molecule has 3 amide bonds. The van der Waals surface area contributed by atoms with Gasteiger partial charge >= 0.3 is 6.03 Å². The summed E-state index contributed by atoms with van der Waals surface area (Å²) < 4.78 is 0. The fourth-order valence-electron chi connectivity index (χ4n) is 3.04. The van der Waals surface area contributed by atoms with Gasteiger partial charge in [0.2, 0.25) is 0 Å². The van der Waals surface area contributed by atoms with Crippen molar-refractivity contribution >= 4 is 29.1 Å². The van der Waals surface area contributed by atoms with Crippen molar-refractivity contribution in [2.75, 3.05) is 11.9 Å². The molecule has 7 nitrogen and oxygen atoms in total. The zero-order valence-electron chi connectivity index (χ0n) is 17.1. The third kappa shape index (κ3) is 5.01. The molecule has 0 unspecified atom stereocenters. The highest BCUT2D eigenvalue weighted by atomic mass is 32.1. The van der Waals surface area contributed by atoms with E-state index in [0.29, 0.717) is 23.1 Å². The van der Waals surface area contributed by atoms with Gasteiger partial charge in [-0.25, -0.2) is 14.8 Å². The van der Waals surface area contributed by atoms with Crippen molar-refractivity contribution in [1.29, 1.82) is 0 Å². The lowest BCUT2D eigenvalue weighted by molar-refractivity contribution is 0.0995. The number of thiazole rings is 1. The molecule has 0 aliphatic rings. The van der Waals surface area contributed by atoms with Gasteiger partial charge in [-0.05, 0) is 37.0 Å². The zero-order valence-corrected chi connectivity index (χ0v) is 17.9. The first kappa shape index (κ1) is 21.4. The second-order valence-electron chi connectivity index (χ2n) is 6.72. The number of aryl methyl sites for hydroxylation is 1. The molecular weight excluding hydrogens is 398 g/mol. The summed E-state index contributed by atoms with van der Waals surface area (Å²) in [4.78, 5) is 33.7. The third-order valence-electron chi connectivity index (χ3n) is 4.49. The topological polar surface area (TPSA) is 110 Å². The van der Waals surface area contributed by atoms with E-state index in [0.717, 1.165) is 40.8 Å². The highest BCUT2D eigenvalue weighted by Gasteiger charge is 2.20. The van der Waals surface area contributed by atoms with Gasteiger partial charge in [0, 0.05) is 23.2 Å². The van der Waals surface area contributed by atoms with Crippen LogP contribution < -0.4 is 16.4 Å². The van der Waals surface area contributed by atoms with Gasteiger partial charge in [-0.15, -0.1) is 11.3 Å². The molecule has 0 saturated heterocycles. The normalized spacial score (nSPS) is 10.6. The molecule has 0 aliphatic carbocycles. The first-order chi connectivity index (χ1) is 14.5. The maximum Gasteiger partial charge on any atom is 0.320 e. The molecule has 0 fully saturated rings. The molecule has 8 heteroatoms. The summed E-state index contributed by atoms with van der Waals surface area (Å²) in [6, 6.07) is 11.3. The number of nitrogens with zero attached hydrogens (tertiary/aromatic N) is 2. The van der Waals surface area contributed by atoms with Crippen molar-refractivity contribution in [2.45, 2.75) is 33.1 Å². The average molecular weight is 424 g/mol. The number of primary amides is 1. The van der Waals surface area contributed by atoms with E-state index in [2.05, 4.69) is 27.5 Å². The van der Waals surface area contributed by atoms with E-state index in [9.17, 15) is 9.59 Å². The van der Waals surface area contributed by atoms with Gasteiger partial charge in [0.15, 0.2) is 0 Å². The maximum atomic E-state index is 11.9. The number of anilines is 1. The van der Waals surface area contributed by atoms with Gasteiger partial charge in [-0.1, -0.05) is 43.7 Å². The predicted octanol–water partition coefficient (Wildman–Crippen LogP) is 4.46. The van der Waals surface area contributed by atoms with Crippen LogP contribution in [0.5, 0.6) is 0 Å². The maximum absolute atomic E-state index is 11.9. The Morgan fingerprint density at radius 2 is 1.90 bits per heavy atom. The number of carbonyl (C=O) groups is 2. The van der Waals surface area contributed by atoms with Crippen LogP contribution >= 0.6 is 11.3 Å². The number of unbranched alkanes of at least 4 members (excludes halogenated alkanes) is 1. The highest BCUT2D eigenvalue weighted by molar-refractivity contribution is 7.15. The van der Waals surface area contributed by atoms with E-state index in [4.69, 9.17) is 5.73 Å². The van der Waals surface area contributed by atoms with Crippen molar-refractivity contribution in [2.24, 2.45) is 5.73 Å². The molecule has 2 aromatic heterocycles. The Morgan fingerprint density at radius 3 is 2.57 bits per heavy atom. The first-order valence-electron chi connectivity index (χ1n) is 9.93. The fourth-order valence-corrected chi connectivity index (χ4v) is 4.17. The second kappa shape index (κ2) is 9.98. The van der Waals surface area contributed by atoms with Gasteiger partial charge in [0.1, 0.15) is 16.5 Å². The number of rotatable bonds is 8. The number of nitrogens with two attached hydrogens (primary N) is 1. The van der Waals surface area contributed by atoms with Crippen LogP contribution in [0.1, 0.15) is 42.1 Å². The molecule has 3 rings (SSSR count). The minimum absolute atomic E-state index is 0.316. The molecule has 0 bridgehead atoms. The van der Waals surface area contributed by atoms with Crippen LogP contribution in [-0.2, 0) is 6.42 Å². The van der Waals surface area contributed by atoms with Gasteiger partial charge in [-0.3, -0.25) is 10.1 Å². The van der Waals surface area contributed by atoms with Crippen LogP contribution in [0.3, 0.4) is 0 Å². The van der Waals surface area contributed by atoms with Crippen LogP contribution in [-0.4, -0.2) is 28.5 Å². The number of carbonyl (C=O) groups excluding carboxylic acids is 2. The van der Waals surface area contributed by atoms with Crippen molar-refractivity contribution in [3.8, 4) is 21.7 Å². The van der Waals surface area contributed by atoms with E-state index < -0.39 is 5.91 Å². The molecule has 4 N–H and O–H groups in total. The zero-order chi connectivity index (χ0) is 21.5. The lowest BCUT2D eigenvalue weighted by atomic mass is 10.0. The second-order valence-corrected chi connectivity index (χ2v) is 7.81. The third-order valence-corrected chi connectivity index (χ3v) is 5.63. The highest BCUT2D eigenvalue weighted by Crippen LogP contribution is 2.37. The fraction of sp³-hybridized carbons (Fsp3) is 0.273. The van der Waals surface area contributed by atoms with Gasteiger partial charge in [0.25, 0.3) is 5.91 Å². The Bertz CT molecular complexity index is 1030. The summed E-state index contributed by atoms with van der Waals surface area (Å²) >= 11 is 1.47. The standard InChI is InChI=1S/C22H25N5O2S/c1-3-5-11-17-19(20(23)28)27-21(30-17)16-13-25-18(26-22(29)24-4-2)12-15(16)14-9-7-6-8-10-14/h6-10,12-13H,3-5,11H2,1-2H3,(H2,23,28)(H2,24,25,26,29). The number of hydrogen-bond donors (Lipinski definition) is 3. The van der Waals surface area contributed by atoms with E-state index >= 15 is 0 Å². The van der Waals surface area contributed by atoms with E-state index in [1.807, 2.05) is 43.3 Å². The van der Waals surface area contributed by atoms with Crippen LogP contribution in [0, 0.1) is 0 Å². The van der Waals surface area contributed by atoms with Crippen molar-refractivity contribution in [3.05, 3.63) is 53.2 Å². The summed E-state index contributed by atoms with van der Waals surface area (Å²) in [5.41, 5.74) is 8.51. The molecule has 2 heterocycles. The summed E-state index contributed by atoms with van der Waals surface area (Å²) in [5, 5.41) is 6.12. The number of urea groups is 1. The molecule has 3 aromatic rings. The van der Waals surface area contributed by atoms with Crippen molar-refractivity contribution < 1.29 is 9.59 Å². The van der Waals surface area contributed by atoms with Gasteiger partial charge in [0.05, 0.1) is 0 Å². The average Bonchev–Trinajstić information content (AvgIpc) is 3.17. The Labute approximate surface area is 179 Å². The van der Waals surface area contributed by atoms with Crippen LogP contribution in [0.4, 0.5) is 10.6 Å². The van der Waals surface area contributed by atoms with E-state index in [-0.39, 0.29) is 6.03 Å². The summed E-state index contributed by atoms with van der Waals surface area (Å²) in [5.74, 6) is -0.0891. The first-order valence-corrected chi connectivity index (χ1v) is 10.7. The Hall–Kier alpha value is -3.26. The molecule has 0 spiro atoms. The Kier molecular flexibility index (Phi) is 7.13. The molecule has 1 aromatic carbocycles. The van der Waals surface area contributed by atoms with Crippen LogP contribution in [0.15, 0.2) is 42.6 Å². The molecule has 0 atom stereocenters. The summed E-state index contributed by atoms with van der Waals surface area (Å²) in [7, 11) is 0. The van der Waals surface area contributed by atoms with E-state index in [1.54, 1.807) is 6.20 Å². The van der Waals surface area contributed by atoms with Gasteiger partial charge in [-0.2, -0.15) is 0 Å². The largest absolute Gasteiger partial charge is 0.364 e. The van der Waals surface area contributed by atoms with Gasteiger partial charge < -0.3 is 11.1 Å². The van der Waals surface area contributed by atoms with Crippen LogP contribution in [0.25, 0.3) is 21.7 Å². The van der Waals surface area contributed by atoms with Crippen molar-refractivity contribution in [1.82, 2.24) is 15.3 Å². The number of benzene rings is 1. The smallest absolute Gasteiger partial charge is 0.320 e. The predicted molar refractivity (Wildman–Crippen MR) is 121 cm³/mol. The molecular formula is C22H25N5O2S. The number of aromatic nitrogens is 2. The summed E-state index contributed by atoms with van der Waals surface area (Å²) in [6.07, 6.45) is 4.41. The molecule has 156 valence electrons. The molecule has 0 saturated carbocycles. The lowest BCUT2D eigenvalue weighted by Crippen LogP contribution is -2.28. The molecule has 0 radical (unpaired) electrons. The Morgan fingerprint density at radius 1 is 1.13 bits per heavy atom. The molecule has 0 aliphatic heterocycles. The molecule has 30 heavy (non-hydrogen) atoms.